The molecule has 1 atom stereocenters. The van der Waals surface area contributed by atoms with Gasteiger partial charge in [-0.1, -0.05) is 12.1 Å². The van der Waals surface area contributed by atoms with Gasteiger partial charge in [-0.3, -0.25) is 4.79 Å². The third-order valence-corrected chi connectivity index (χ3v) is 7.57. The number of nitrogens with zero attached hydrogens (tertiary/aromatic N) is 1. The molecule has 0 spiro atoms. The zero-order valence-electron chi connectivity index (χ0n) is 15.0. The molecule has 1 aliphatic heterocycles. The Hall–Kier alpha value is -1.81. The summed E-state index contributed by atoms with van der Waals surface area (Å²) in [5.74, 6) is -0.621. The van der Waals surface area contributed by atoms with Crippen LogP contribution in [0.3, 0.4) is 0 Å². The van der Waals surface area contributed by atoms with Gasteiger partial charge in [0, 0.05) is 4.88 Å². The molecule has 0 radical (unpaired) electrons. The third-order valence-electron chi connectivity index (χ3n) is 4.62. The van der Waals surface area contributed by atoms with Crippen LogP contribution in [-0.4, -0.2) is 51.4 Å². The summed E-state index contributed by atoms with van der Waals surface area (Å²) in [5.41, 5.74) is 0. The van der Waals surface area contributed by atoms with Crippen LogP contribution in [0.2, 0.25) is 0 Å². The fraction of sp³-hybridized carbons (Fsp3) is 0.389. The number of piperazine rings is 1. The zero-order valence-corrected chi connectivity index (χ0v) is 16.7. The van der Waals surface area contributed by atoms with Gasteiger partial charge in [-0.25, -0.2) is 12.8 Å². The summed E-state index contributed by atoms with van der Waals surface area (Å²) in [6.07, 6.45) is 0. The molecule has 2 aromatic rings. The molecule has 1 fully saturated rings. The topological polar surface area (TPSA) is 70.9 Å². The van der Waals surface area contributed by atoms with Crippen LogP contribution in [0.5, 0.6) is 0 Å². The first-order chi connectivity index (χ1) is 12.9. The molecule has 0 aliphatic carbocycles. The van der Waals surface area contributed by atoms with E-state index in [0.717, 1.165) is 15.8 Å². The second-order valence-corrected chi connectivity index (χ2v) is 9.51. The number of benzene rings is 1. The molecule has 1 aromatic carbocycles. The van der Waals surface area contributed by atoms with Crippen molar-refractivity contribution in [2.24, 2.45) is 0 Å². The lowest BCUT2D eigenvalue weighted by Crippen LogP contribution is -3.15. The van der Waals surface area contributed by atoms with Gasteiger partial charge >= 0.3 is 0 Å². The average Bonchev–Trinajstić information content (AvgIpc) is 3.17. The number of quaternary nitrogens is 1. The van der Waals surface area contributed by atoms with Crippen molar-refractivity contribution in [2.45, 2.75) is 17.9 Å². The van der Waals surface area contributed by atoms with E-state index in [-0.39, 0.29) is 16.8 Å². The van der Waals surface area contributed by atoms with E-state index in [4.69, 9.17) is 0 Å². The maximum absolute atomic E-state index is 13.3. The minimum Gasteiger partial charge on any atom is -0.344 e. The van der Waals surface area contributed by atoms with Gasteiger partial charge in [0.1, 0.15) is 5.82 Å². The number of sulfonamides is 1. The summed E-state index contributed by atoms with van der Waals surface area (Å²) in [4.78, 5) is 14.4. The first-order valence-corrected chi connectivity index (χ1v) is 11.1. The number of amides is 1. The molecule has 27 heavy (non-hydrogen) atoms. The van der Waals surface area contributed by atoms with Crippen molar-refractivity contribution in [3.05, 3.63) is 52.5 Å². The average molecular weight is 413 g/mol. The van der Waals surface area contributed by atoms with E-state index in [1.54, 1.807) is 11.3 Å². The molecule has 3 rings (SSSR count). The number of nitrogens with one attached hydrogen (secondary N) is 2. The Balaban J connectivity index is 1.52. The maximum Gasteiger partial charge on any atom is 0.275 e. The minimum absolute atomic E-state index is 0.0338. The Labute approximate surface area is 162 Å². The summed E-state index contributed by atoms with van der Waals surface area (Å²) in [6.45, 7) is 3.95. The zero-order chi connectivity index (χ0) is 19.4. The molecule has 1 aromatic heterocycles. The van der Waals surface area contributed by atoms with Crippen molar-refractivity contribution < 1.29 is 22.5 Å². The molecule has 1 amide bonds. The number of hydrogen-bond donors (Lipinski definition) is 2. The largest absolute Gasteiger partial charge is 0.344 e. The molecule has 1 aliphatic rings. The lowest BCUT2D eigenvalue weighted by molar-refractivity contribution is -0.895. The summed E-state index contributed by atoms with van der Waals surface area (Å²) in [7, 11) is -3.70. The number of carbonyl (C=O) groups excluding carboxylic acids is 1. The molecule has 0 bridgehead atoms. The van der Waals surface area contributed by atoms with Gasteiger partial charge in [0.05, 0.1) is 37.1 Å². The summed E-state index contributed by atoms with van der Waals surface area (Å²) in [6, 6.07) is 8.95. The van der Waals surface area contributed by atoms with Crippen LogP contribution in [0.15, 0.2) is 46.7 Å². The van der Waals surface area contributed by atoms with E-state index in [1.807, 2.05) is 24.4 Å². The lowest BCUT2D eigenvalue weighted by atomic mass is 10.2. The maximum atomic E-state index is 13.3. The number of carbonyl (C=O) groups is 1. The molecule has 1 saturated heterocycles. The van der Waals surface area contributed by atoms with Crippen LogP contribution in [0.4, 0.5) is 4.39 Å². The van der Waals surface area contributed by atoms with Crippen molar-refractivity contribution in [1.82, 2.24) is 9.62 Å². The standard InChI is InChI=1S/C18H22FN3O3S2/c1-14(17-6-3-11-26-17)20-18(23)13-21-7-9-22(10-8-21)27(24,25)16-5-2-4-15(19)12-16/h2-6,11-12,14H,7-10,13H2,1H3,(H,20,23)/p+1/t14-/m0/s1. The monoisotopic (exact) mass is 412 g/mol. The van der Waals surface area contributed by atoms with Gasteiger partial charge in [-0.2, -0.15) is 4.31 Å². The highest BCUT2D eigenvalue weighted by atomic mass is 32.2. The molecule has 146 valence electrons. The van der Waals surface area contributed by atoms with Crippen molar-refractivity contribution in [1.29, 1.82) is 0 Å². The molecule has 9 heteroatoms. The fourth-order valence-electron chi connectivity index (χ4n) is 3.12. The molecular weight excluding hydrogens is 389 g/mol. The molecule has 0 unspecified atom stereocenters. The van der Waals surface area contributed by atoms with E-state index in [9.17, 15) is 17.6 Å². The van der Waals surface area contributed by atoms with Gasteiger partial charge in [-0.05, 0) is 36.6 Å². The lowest BCUT2D eigenvalue weighted by Gasteiger charge is -2.31. The Bertz CT molecular complexity index is 879. The van der Waals surface area contributed by atoms with Crippen molar-refractivity contribution in [3.8, 4) is 0 Å². The second kappa shape index (κ2) is 8.47. The highest BCUT2D eigenvalue weighted by Crippen LogP contribution is 2.18. The summed E-state index contributed by atoms with van der Waals surface area (Å²) in [5, 5.41) is 4.95. The summed E-state index contributed by atoms with van der Waals surface area (Å²) >= 11 is 1.60. The molecule has 2 heterocycles. The molecular formula is C18H23FN3O3S2+. The Morgan fingerprint density at radius 1 is 1.30 bits per heavy atom. The number of hydrogen-bond acceptors (Lipinski definition) is 4. The quantitative estimate of drug-likeness (QED) is 0.732. The van der Waals surface area contributed by atoms with Gasteiger partial charge < -0.3 is 10.2 Å². The van der Waals surface area contributed by atoms with Crippen LogP contribution in [0, 0.1) is 5.82 Å². The first-order valence-electron chi connectivity index (χ1n) is 8.78. The molecule has 0 saturated carbocycles. The van der Waals surface area contributed by atoms with Crippen LogP contribution >= 0.6 is 11.3 Å². The highest BCUT2D eigenvalue weighted by Gasteiger charge is 2.31. The molecule has 2 N–H and O–H groups in total. The number of thiophene rings is 1. The van der Waals surface area contributed by atoms with E-state index in [1.165, 1.54) is 22.5 Å². The predicted octanol–water partition coefficient (Wildman–Crippen LogP) is 0.654. The Kier molecular flexibility index (Phi) is 6.25. The van der Waals surface area contributed by atoms with Gasteiger partial charge in [0.2, 0.25) is 10.0 Å². The fourth-order valence-corrected chi connectivity index (χ4v) is 5.33. The highest BCUT2D eigenvalue weighted by molar-refractivity contribution is 7.89. The van der Waals surface area contributed by atoms with Gasteiger partial charge in [0.25, 0.3) is 5.91 Å². The van der Waals surface area contributed by atoms with Crippen molar-refractivity contribution in [3.63, 3.8) is 0 Å². The van der Waals surface area contributed by atoms with Crippen LogP contribution < -0.4 is 10.2 Å². The SMILES string of the molecule is C[C@H](NC(=O)C[NH+]1CCN(S(=O)(=O)c2cccc(F)c2)CC1)c1cccs1. The normalized spacial score (nSPS) is 17.6. The van der Waals surface area contributed by atoms with Crippen LogP contribution in [-0.2, 0) is 14.8 Å². The van der Waals surface area contributed by atoms with Gasteiger partial charge in [-0.15, -0.1) is 11.3 Å². The van der Waals surface area contributed by atoms with Gasteiger partial charge in [0.15, 0.2) is 6.54 Å². The second-order valence-electron chi connectivity index (χ2n) is 6.59. The van der Waals surface area contributed by atoms with E-state index in [2.05, 4.69) is 5.32 Å². The van der Waals surface area contributed by atoms with Crippen molar-refractivity contribution in [2.75, 3.05) is 32.7 Å². The number of halogens is 1. The predicted molar refractivity (Wildman–Crippen MR) is 102 cm³/mol. The minimum atomic E-state index is -3.70. The smallest absolute Gasteiger partial charge is 0.275 e. The van der Waals surface area contributed by atoms with E-state index < -0.39 is 15.8 Å². The van der Waals surface area contributed by atoms with Crippen LogP contribution in [0.1, 0.15) is 17.8 Å². The van der Waals surface area contributed by atoms with Crippen LogP contribution in [0.25, 0.3) is 0 Å². The van der Waals surface area contributed by atoms with Crippen molar-refractivity contribution >= 4 is 27.3 Å². The Morgan fingerprint density at radius 2 is 2.04 bits per heavy atom. The third kappa shape index (κ3) is 4.92. The number of rotatable bonds is 6. The first kappa shape index (κ1) is 19.9. The Morgan fingerprint density at radius 3 is 2.67 bits per heavy atom. The molecule has 6 nitrogen and oxygen atoms in total. The van der Waals surface area contributed by atoms with E-state index in [0.29, 0.717) is 32.7 Å². The summed E-state index contributed by atoms with van der Waals surface area (Å²) < 4.78 is 39.9. The van der Waals surface area contributed by atoms with E-state index >= 15 is 0 Å².